The van der Waals surface area contributed by atoms with Gasteiger partial charge in [0, 0.05) is 24.3 Å². The molecule has 1 saturated heterocycles. The molecule has 0 aliphatic carbocycles. The van der Waals surface area contributed by atoms with Crippen molar-refractivity contribution in [3.63, 3.8) is 0 Å². The first-order valence-electron chi connectivity index (χ1n) is 8.59. The molecule has 1 fully saturated rings. The second kappa shape index (κ2) is 8.07. The molecule has 7 heteroatoms. The lowest BCUT2D eigenvalue weighted by molar-refractivity contribution is -0.132. The molecule has 27 heavy (non-hydrogen) atoms. The van der Waals surface area contributed by atoms with E-state index in [1.807, 2.05) is 0 Å². The van der Waals surface area contributed by atoms with Gasteiger partial charge in [-0.25, -0.2) is 4.39 Å². The SMILES string of the molecule is COc1ccc(OC)c(CNC(=O)C2CCN(c3ccc(F)cc3)C2=O)c1. The van der Waals surface area contributed by atoms with Crippen molar-refractivity contribution in [3.05, 3.63) is 53.8 Å². The molecule has 1 heterocycles. The number of methoxy groups -OCH3 is 2. The molecule has 0 spiro atoms. The van der Waals surface area contributed by atoms with E-state index in [2.05, 4.69) is 5.32 Å². The molecule has 1 N–H and O–H groups in total. The first-order valence-corrected chi connectivity index (χ1v) is 8.59. The summed E-state index contributed by atoms with van der Waals surface area (Å²) in [5.74, 6) is -0.467. The second-order valence-corrected chi connectivity index (χ2v) is 6.20. The second-order valence-electron chi connectivity index (χ2n) is 6.20. The van der Waals surface area contributed by atoms with Crippen LogP contribution >= 0.6 is 0 Å². The number of hydrogen-bond donors (Lipinski definition) is 1. The standard InChI is InChI=1S/C20H21FN2O4/c1-26-16-7-8-18(27-2)13(11-16)12-22-19(24)17-9-10-23(20(17)25)15-5-3-14(21)4-6-15/h3-8,11,17H,9-10,12H2,1-2H3,(H,22,24). The van der Waals surface area contributed by atoms with Gasteiger partial charge in [0.2, 0.25) is 11.8 Å². The predicted octanol–water partition coefficient (Wildman–Crippen LogP) is 2.51. The van der Waals surface area contributed by atoms with Crippen molar-refractivity contribution >= 4 is 17.5 Å². The molecule has 2 aromatic carbocycles. The largest absolute Gasteiger partial charge is 0.497 e. The Labute approximate surface area is 156 Å². The molecule has 142 valence electrons. The minimum Gasteiger partial charge on any atom is -0.497 e. The molecule has 6 nitrogen and oxygen atoms in total. The molecule has 1 atom stereocenters. The molecule has 1 unspecified atom stereocenters. The van der Waals surface area contributed by atoms with Crippen LogP contribution in [0.15, 0.2) is 42.5 Å². The Morgan fingerprint density at radius 1 is 1.19 bits per heavy atom. The molecular weight excluding hydrogens is 351 g/mol. The Kier molecular flexibility index (Phi) is 5.59. The summed E-state index contributed by atoms with van der Waals surface area (Å²) in [5, 5.41) is 2.80. The zero-order valence-electron chi connectivity index (χ0n) is 15.2. The lowest BCUT2D eigenvalue weighted by Gasteiger charge is -2.17. The van der Waals surface area contributed by atoms with Crippen LogP contribution in [0.1, 0.15) is 12.0 Å². The van der Waals surface area contributed by atoms with Gasteiger partial charge in [-0.15, -0.1) is 0 Å². The van der Waals surface area contributed by atoms with Gasteiger partial charge >= 0.3 is 0 Å². The summed E-state index contributed by atoms with van der Waals surface area (Å²) in [4.78, 5) is 26.6. The van der Waals surface area contributed by atoms with E-state index >= 15 is 0 Å². The maximum atomic E-state index is 13.1. The molecule has 1 aliphatic heterocycles. The van der Waals surface area contributed by atoms with Crippen LogP contribution in [0.3, 0.4) is 0 Å². The van der Waals surface area contributed by atoms with Crippen molar-refractivity contribution < 1.29 is 23.5 Å². The molecule has 0 bridgehead atoms. The fourth-order valence-electron chi connectivity index (χ4n) is 3.13. The number of anilines is 1. The third-order valence-electron chi connectivity index (χ3n) is 4.60. The lowest BCUT2D eigenvalue weighted by Crippen LogP contribution is -2.36. The smallest absolute Gasteiger partial charge is 0.239 e. The van der Waals surface area contributed by atoms with Gasteiger partial charge in [-0.1, -0.05) is 0 Å². The maximum absolute atomic E-state index is 13.1. The van der Waals surface area contributed by atoms with Gasteiger partial charge in [-0.2, -0.15) is 0 Å². The Morgan fingerprint density at radius 3 is 2.59 bits per heavy atom. The number of benzene rings is 2. The summed E-state index contributed by atoms with van der Waals surface area (Å²) in [6.45, 7) is 0.643. The average molecular weight is 372 g/mol. The van der Waals surface area contributed by atoms with Crippen molar-refractivity contribution in [2.75, 3.05) is 25.7 Å². The fraction of sp³-hybridized carbons (Fsp3) is 0.300. The Bertz CT molecular complexity index is 838. The minimum absolute atomic E-state index is 0.222. The number of amides is 2. The van der Waals surface area contributed by atoms with Crippen LogP contribution in [0, 0.1) is 11.7 Å². The monoisotopic (exact) mass is 372 g/mol. The maximum Gasteiger partial charge on any atom is 0.239 e. The molecule has 2 amide bonds. The van der Waals surface area contributed by atoms with Gasteiger partial charge in [0.15, 0.2) is 0 Å². The molecular formula is C20H21FN2O4. The molecule has 0 aromatic heterocycles. The number of rotatable bonds is 6. The van der Waals surface area contributed by atoms with E-state index in [-0.39, 0.29) is 24.2 Å². The number of carbonyl (C=O) groups is 2. The summed E-state index contributed by atoms with van der Waals surface area (Å²) in [6.07, 6.45) is 0.414. The van der Waals surface area contributed by atoms with Crippen molar-refractivity contribution in [3.8, 4) is 11.5 Å². The Morgan fingerprint density at radius 2 is 1.93 bits per heavy atom. The third kappa shape index (κ3) is 4.02. The predicted molar refractivity (Wildman–Crippen MR) is 98.3 cm³/mol. The van der Waals surface area contributed by atoms with Gasteiger partial charge < -0.3 is 19.7 Å². The van der Waals surface area contributed by atoms with Gasteiger partial charge in [-0.3, -0.25) is 9.59 Å². The number of halogens is 1. The van der Waals surface area contributed by atoms with Crippen LogP contribution in [0.25, 0.3) is 0 Å². The summed E-state index contributed by atoms with van der Waals surface area (Å²) in [6, 6.07) is 11.0. The van der Waals surface area contributed by atoms with Crippen molar-refractivity contribution in [2.24, 2.45) is 5.92 Å². The average Bonchev–Trinajstić information content (AvgIpc) is 3.08. The molecule has 3 rings (SSSR count). The number of hydrogen-bond acceptors (Lipinski definition) is 4. The van der Waals surface area contributed by atoms with Crippen LogP contribution in [-0.2, 0) is 16.1 Å². The zero-order valence-corrected chi connectivity index (χ0v) is 15.2. The van der Waals surface area contributed by atoms with Gasteiger partial charge in [0.1, 0.15) is 23.2 Å². The number of nitrogens with one attached hydrogen (secondary N) is 1. The van der Waals surface area contributed by atoms with E-state index in [0.29, 0.717) is 30.2 Å². The number of carbonyl (C=O) groups excluding carboxylic acids is 2. The minimum atomic E-state index is -0.758. The van der Waals surface area contributed by atoms with Crippen LogP contribution < -0.4 is 19.7 Å². The van der Waals surface area contributed by atoms with Crippen LogP contribution in [-0.4, -0.2) is 32.6 Å². The number of ether oxygens (including phenoxy) is 2. The topological polar surface area (TPSA) is 67.9 Å². The van der Waals surface area contributed by atoms with E-state index in [1.165, 1.54) is 29.2 Å². The van der Waals surface area contributed by atoms with E-state index in [9.17, 15) is 14.0 Å². The number of nitrogens with zero attached hydrogens (tertiary/aromatic N) is 1. The third-order valence-corrected chi connectivity index (χ3v) is 4.60. The van der Waals surface area contributed by atoms with Crippen molar-refractivity contribution in [1.29, 1.82) is 0 Å². The van der Waals surface area contributed by atoms with E-state index in [0.717, 1.165) is 5.56 Å². The Hall–Kier alpha value is -3.09. The molecule has 1 aliphatic rings. The first kappa shape index (κ1) is 18.7. The summed E-state index contributed by atoms with van der Waals surface area (Å²) in [7, 11) is 3.11. The van der Waals surface area contributed by atoms with Crippen LogP contribution in [0.5, 0.6) is 11.5 Å². The zero-order chi connectivity index (χ0) is 19.4. The summed E-state index contributed by atoms with van der Waals surface area (Å²) < 4.78 is 23.6. The van der Waals surface area contributed by atoms with Crippen LogP contribution in [0.4, 0.5) is 10.1 Å². The molecule has 0 saturated carbocycles. The molecule has 0 radical (unpaired) electrons. The highest BCUT2D eigenvalue weighted by molar-refractivity contribution is 6.09. The highest BCUT2D eigenvalue weighted by Crippen LogP contribution is 2.27. The van der Waals surface area contributed by atoms with Crippen molar-refractivity contribution in [2.45, 2.75) is 13.0 Å². The van der Waals surface area contributed by atoms with E-state index in [4.69, 9.17) is 9.47 Å². The highest BCUT2D eigenvalue weighted by atomic mass is 19.1. The van der Waals surface area contributed by atoms with Gasteiger partial charge in [0.05, 0.1) is 14.2 Å². The quantitative estimate of drug-likeness (QED) is 0.792. The summed E-state index contributed by atoms with van der Waals surface area (Å²) >= 11 is 0. The highest BCUT2D eigenvalue weighted by Gasteiger charge is 2.37. The summed E-state index contributed by atoms with van der Waals surface area (Å²) in [5.41, 5.74) is 1.34. The Balaban J connectivity index is 1.65. The fourth-order valence-corrected chi connectivity index (χ4v) is 3.13. The first-order chi connectivity index (χ1) is 13.0. The lowest BCUT2D eigenvalue weighted by atomic mass is 10.1. The van der Waals surface area contributed by atoms with Gasteiger partial charge in [0.25, 0.3) is 0 Å². The van der Waals surface area contributed by atoms with Gasteiger partial charge in [-0.05, 0) is 48.9 Å². The van der Waals surface area contributed by atoms with E-state index < -0.39 is 5.92 Å². The van der Waals surface area contributed by atoms with Crippen molar-refractivity contribution in [1.82, 2.24) is 5.32 Å². The van der Waals surface area contributed by atoms with E-state index in [1.54, 1.807) is 32.4 Å². The normalized spacial score (nSPS) is 16.3. The molecule has 2 aromatic rings. The van der Waals surface area contributed by atoms with Crippen LogP contribution in [0.2, 0.25) is 0 Å².